The minimum absolute atomic E-state index is 0.140. The molecule has 112 valence electrons. The number of nitrogens with one attached hydrogen (secondary N) is 1. The molecule has 20 heavy (non-hydrogen) atoms. The molecule has 1 aromatic heterocycles. The average Bonchev–Trinajstić information content (AvgIpc) is 2.33. The molecule has 0 aromatic carbocycles. The second-order valence-electron chi connectivity index (χ2n) is 5.35. The Labute approximate surface area is 120 Å². The van der Waals surface area contributed by atoms with Crippen molar-refractivity contribution in [3.8, 4) is 0 Å². The molecular weight excluding hydrogens is 256 g/mol. The van der Waals surface area contributed by atoms with Crippen LogP contribution in [-0.2, 0) is 0 Å². The van der Waals surface area contributed by atoms with Crippen molar-refractivity contribution in [2.75, 3.05) is 18.4 Å². The third-order valence-corrected chi connectivity index (χ3v) is 3.19. The summed E-state index contributed by atoms with van der Waals surface area (Å²) in [5.74, 6) is -0.528. The maximum Gasteiger partial charge on any atom is 0.339 e. The summed E-state index contributed by atoms with van der Waals surface area (Å²) in [4.78, 5) is 21.4. The van der Waals surface area contributed by atoms with E-state index in [1.807, 2.05) is 0 Å². The van der Waals surface area contributed by atoms with Crippen molar-refractivity contribution in [1.29, 1.82) is 0 Å². The summed E-state index contributed by atoms with van der Waals surface area (Å²) in [6.07, 6.45) is 1.34. The van der Waals surface area contributed by atoms with E-state index in [1.54, 1.807) is 6.92 Å². The van der Waals surface area contributed by atoms with E-state index in [4.69, 9.17) is 5.11 Å². The second-order valence-corrected chi connectivity index (χ2v) is 5.35. The van der Waals surface area contributed by atoms with Gasteiger partial charge in [0.05, 0.1) is 11.3 Å². The number of anilines is 1. The summed E-state index contributed by atoms with van der Waals surface area (Å²) < 4.78 is 0. The molecule has 0 aliphatic heterocycles. The SMILES string of the molecule is Cc1nc(NCCN(C(C)C)C(C)C)ncc1C(=O)O. The third kappa shape index (κ3) is 4.45. The smallest absolute Gasteiger partial charge is 0.339 e. The van der Waals surface area contributed by atoms with Gasteiger partial charge in [0, 0.05) is 31.4 Å². The first-order valence-electron chi connectivity index (χ1n) is 6.89. The summed E-state index contributed by atoms with van der Waals surface area (Å²) in [6, 6.07) is 0.961. The van der Waals surface area contributed by atoms with Gasteiger partial charge in [-0.25, -0.2) is 14.8 Å². The zero-order valence-corrected chi connectivity index (χ0v) is 12.8. The van der Waals surface area contributed by atoms with Gasteiger partial charge in [-0.1, -0.05) is 0 Å². The number of carbonyl (C=O) groups is 1. The Bertz CT molecular complexity index is 452. The van der Waals surface area contributed by atoms with Gasteiger partial charge in [-0.15, -0.1) is 0 Å². The van der Waals surface area contributed by atoms with Crippen molar-refractivity contribution in [2.24, 2.45) is 0 Å². The molecule has 0 amide bonds. The Kier molecular flexibility index (Phi) is 5.88. The molecule has 0 fully saturated rings. The van der Waals surface area contributed by atoms with Crippen LogP contribution in [-0.4, -0.2) is 51.1 Å². The molecule has 0 spiro atoms. The van der Waals surface area contributed by atoms with Gasteiger partial charge < -0.3 is 10.4 Å². The minimum Gasteiger partial charge on any atom is -0.478 e. The summed E-state index contributed by atoms with van der Waals surface area (Å²) in [5, 5.41) is 12.1. The fraction of sp³-hybridized carbons (Fsp3) is 0.643. The lowest BCUT2D eigenvalue weighted by Gasteiger charge is -2.30. The molecular formula is C14H24N4O2. The molecule has 6 heteroatoms. The molecule has 6 nitrogen and oxygen atoms in total. The molecule has 0 aliphatic carbocycles. The Morgan fingerprint density at radius 3 is 2.40 bits per heavy atom. The van der Waals surface area contributed by atoms with Crippen LogP contribution in [0.15, 0.2) is 6.20 Å². The fourth-order valence-electron chi connectivity index (χ4n) is 2.17. The van der Waals surface area contributed by atoms with E-state index >= 15 is 0 Å². The standard InChI is InChI=1S/C14H24N4O2/c1-9(2)18(10(3)4)7-6-15-14-16-8-12(13(19)20)11(5)17-14/h8-10H,6-7H2,1-5H3,(H,19,20)(H,15,16,17). The predicted molar refractivity (Wildman–Crippen MR) is 79.2 cm³/mol. The lowest BCUT2D eigenvalue weighted by Crippen LogP contribution is -2.40. The Hall–Kier alpha value is -1.69. The van der Waals surface area contributed by atoms with Crippen molar-refractivity contribution in [1.82, 2.24) is 14.9 Å². The van der Waals surface area contributed by atoms with E-state index in [9.17, 15) is 4.79 Å². The zero-order valence-electron chi connectivity index (χ0n) is 12.8. The predicted octanol–water partition coefficient (Wildman–Crippen LogP) is 2.01. The van der Waals surface area contributed by atoms with E-state index in [-0.39, 0.29) is 5.56 Å². The molecule has 0 radical (unpaired) electrons. The molecule has 0 bridgehead atoms. The highest BCUT2D eigenvalue weighted by atomic mass is 16.4. The Morgan fingerprint density at radius 2 is 1.95 bits per heavy atom. The summed E-state index contributed by atoms with van der Waals surface area (Å²) in [6.45, 7) is 12.0. The van der Waals surface area contributed by atoms with E-state index in [0.717, 1.165) is 13.1 Å². The first kappa shape index (κ1) is 16.4. The van der Waals surface area contributed by atoms with Crippen LogP contribution < -0.4 is 5.32 Å². The molecule has 1 heterocycles. The first-order chi connectivity index (χ1) is 9.32. The number of carboxylic acid groups (broad SMARTS) is 1. The summed E-state index contributed by atoms with van der Waals surface area (Å²) in [7, 11) is 0. The number of hydrogen-bond donors (Lipinski definition) is 2. The molecule has 1 rings (SSSR count). The van der Waals surface area contributed by atoms with Gasteiger partial charge in [-0.05, 0) is 34.6 Å². The van der Waals surface area contributed by atoms with Crippen molar-refractivity contribution in [2.45, 2.75) is 46.7 Å². The number of hydrogen-bond acceptors (Lipinski definition) is 5. The number of nitrogens with zero attached hydrogens (tertiary/aromatic N) is 3. The number of rotatable bonds is 7. The van der Waals surface area contributed by atoms with Crippen LogP contribution in [0.5, 0.6) is 0 Å². The van der Waals surface area contributed by atoms with E-state index in [0.29, 0.717) is 23.7 Å². The summed E-state index contributed by atoms with van der Waals surface area (Å²) >= 11 is 0. The molecule has 0 saturated heterocycles. The third-order valence-electron chi connectivity index (χ3n) is 3.19. The van der Waals surface area contributed by atoms with Crippen LogP contribution in [0.3, 0.4) is 0 Å². The Morgan fingerprint density at radius 1 is 1.35 bits per heavy atom. The fourth-order valence-corrected chi connectivity index (χ4v) is 2.17. The maximum absolute atomic E-state index is 10.9. The Balaban J connectivity index is 2.58. The molecule has 0 atom stereocenters. The summed E-state index contributed by atoms with van der Waals surface area (Å²) in [5.41, 5.74) is 0.612. The number of aryl methyl sites for hydroxylation is 1. The van der Waals surface area contributed by atoms with Crippen LogP contribution in [0.4, 0.5) is 5.95 Å². The van der Waals surface area contributed by atoms with Crippen LogP contribution in [0.25, 0.3) is 0 Å². The van der Waals surface area contributed by atoms with Crippen molar-refractivity contribution >= 4 is 11.9 Å². The lowest BCUT2D eigenvalue weighted by atomic mass is 10.2. The first-order valence-corrected chi connectivity index (χ1v) is 6.89. The monoisotopic (exact) mass is 280 g/mol. The minimum atomic E-state index is -1.00. The number of aromatic carboxylic acids is 1. The largest absolute Gasteiger partial charge is 0.478 e. The van der Waals surface area contributed by atoms with Crippen LogP contribution in [0, 0.1) is 6.92 Å². The average molecular weight is 280 g/mol. The highest BCUT2D eigenvalue weighted by Crippen LogP contribution is 2.08. The van der Waals surface area contributed by atoms with Crippen LogP contribution in [0.2, 0.25) is 0 Å². The van der Waals surface area contributed by atoms with E-state index < -0.39 is 5.97 Å². The van der Waals surface area contributed by atoms with Gasteiger partial charge in [0.15, 0.2) is 0 Å². The molecule has 2 N–H and O–H groups in total. The number of carboxylic acids is 1. The van der Waals surface area contributed by atoms with Crippen molar-refractivity contribution < 1.29 is 9.90 Å². The number of aromatic nitrogens is 2. The van der Waals surface area contributed by atoms with Gasteiger partial charge in [0.2, 0.25) is 5.95 Å². The van der Waals surface area contributed by atoms with Gasteiger partial charge in [-0.2, -0.15) is 0 Å². The molecule has 1 aromatic rings. The normalized spacial score (nSPS) is 11.4. The maximum atomic E-state index is 10.9. The van der Waals surface area contributed by atoms with Gasteiger partial charge in [0.25, 0.3) is 0 Å². The van der Waals surface area contributed by atoms with Gasteiger partial charge >= 0.3 is 5.97 Å². The molecule has 0 saturated carbocycles. The highest BCUT2D eigenvalue weighted by molar-refractivity contribution is 5.88. The zero-order chi connectivity index (χ0) is 15.3. The second kappa shape index (κ2) is 7.19. The lowest BCUT2D eigenvalue weighted by molar-refractivity contribution is 0.0695. The van der Waals surface area contributed by atoms with E-state index in [1.165, 1.54) is 6.20 Å². The topological polar surface area (TPSA) is 78.4 Å². The quantitative estimate of drug-likeness (QED) is 0.795. The van der Waals surface area contributed by atoms with Gasteiger partial charge in [-0.3, -0.25) is 4.90 Å². The van der Waals surface area contributed by atoms with E-state index in [2.05, 4.69) is 47.9 Å². The van der Waals surface area contributed by atoms with Crippen molar-refractivity contribution in [3.63, 3.8) is 0 Å². The highest BCUT2D eigenvalue weighted by Gasteiger charge is 2.13. The van der Waals surface area contributed by atoms with Crippen molar-refractivity contribution in [3.05, 3.63) is 17.5 Å². The van der Waals surface area contributed by atoms with Gasteiger partial charge in [0.1, 0.15) is 0 Å². The molecule has 0 unspecified atom stereocenters. The molecule has 0 aliphatic rings. The van der Waals surface area contributed by atoms with Crippen LogP contribution in [0.1, 0.15) is 43.7 Å². The van der Waals surface area contributed by atoms with Crippen LogP contribution >= 0.6 is 0 Å².